The third-order valence-corrected chi connectivity index (χ3v) is 4.37. The highest BCUT2D eigenvalue weighted by atomic mass is 16.4. The van der Waals surface area contributed by atoms with Crippen LogP contribution in [0.15, 0.2) is 12.1 Å². The molecule has 2 aromatic rings. The highest BCUT2D eigenvalue weighted by molar-refractivity contribution is 5.97. The van der Waals surface area contributed by atoms with Crippen LogP contribution in [0.25, 0.3) is 10.9 Å². The summed E-state index contributed by atoms with van der Waals surface area (Å²) < 4.78 is 2.17. The average Bonchev–Trinajstić information content (AvgIpc) is 2.75. The third-order valence-electron chi connectivity index (χ3n) is 4.37. The van der Waals surface area contributed by atoms with Gasteiger partial charge in [-0.3, -0.25) is 0 Å². The first-order valence-corrected chi connectivity index (χ1v) is 8.07. The van der Waals surface area contributed by atoms with Gasteiger partial charge in [-0.1, -0.05) is 13.8 Å². The fourth-order valence-corrected chi connectivity index (χ4v) is 3.29. The molecule has 0 saturated carbocycles. The Bertz CT molecular complexity index is 730. The number of aromatic carboxylic acids is 1. The molecule has 0 saturated heterocycles. The molecule has 0 aliphatic heterocycles. The molecule has 0 aliphatic carbocycles. The summed E-state index contributed by atoms with van der Waals surface area (Å²) >= 11 is 0. The van der Waals surface area contributed by atoms with Gasteiger partial charge in [-0.05, 0) is 50.4 Å². The van der Waals surface area contributed by atoms with Crippen LogP contribution in [0.5, 0.6) is 0 Å². The maximum atomic E-state index is 11.5. The average molecular weight is 318 g/mol. The van der Waals surface area contributed by atoms with E-state index in [1.165, 1.54) is 0 Å². The van der Waals surface area contributed by atoms with Gasteiger partial charge in [0.2, 0.25) is 0 Å². The van der Waals surface area contributed by atoms with Gasteiger partial charge in [-0.2, -0.15) is 0 Å². The lowest BCUT2D eigenvalue weighted by atomic mass is 9.95. The Balaban J connectivity index is 2.89. The van der Waals surface area contributed by atoms with Crippen molar-refractivity contribution in [3.63, 3.8) is 0 Å². The molecule has 126 valence electrons. The molecule has 0 spiro atoms. The van der Waals surface area contributed by atoms with Crippen LogP contribution in [0.2, 0.25) is 0 Å². The number of aliphatic hydroxyl groups is 1. The zero-order valence-electron chi connectivity index (χ0n) is 14.3. The number of benzene rings is 1. The van der Waals surface area contributed by atoms with Gasteiger partial charge in [-0.25, -0.2) is 4.79 Å². The van der Waals surface area contributed by atoms with E-state index >= 15 is 0 Å². The van der Waals surface area contributed by atoms with Gasteiger partial charge < -0.3 is 20.5 Å². The Hall–Kier alpha value is -1.85. The molecule has 0 aliphatic rings. The van der Waals surface area contributed by atoms with Crippen LogP contribution in [-0.4, -0.2) is 27.3 Å². The molecule has 23 heavy (non-hydrogen) atoms. The summed E-state index contributed by atoms with van der Waals surface area (Å²) in [5.74, 6) is -0.762. The van der Waals surface area contributed by atoms with Crippen LogP contribution in [0.3, 0.4) is 0 Å². The zero-order valence-corrected chi connectivity index (χ0v) is 14.3. The van der Waals surface area contributed by atoms with Crippen LogP contribution in [0.4, 0.5) is 0 Å². The minimum Gasteiger partial charge on any atom is -0.478 e. The lowest BCUT2D eigenvalue weighted by Crippen LogP contribution is -2.09. The topological polar surface area (TPSA) is 88.5 Å². The van der Waals surface area contributed by atoms with Crippen molar-refractivity contribution in [2.45, 2.75) is 52.7 Å². The predicted octanol–water partition coefficient (Wildman–Crippen LogP) is 3.17. The van der Waals surface area contributed by atoms with Gasteiger partial charge in [0.15, 0.2) is 0 Å². The molecule has 0 bridgehead atoms. The number of aryl methyl sites for hydroxylation is 1. The number of fused-ring (bicyclic) bond motifs is 1. The Morgan fingerprint density at radius 2 is 1.96 bits per heavy atom. The fourth-order valence-electron chi connectivity index (χ4n) is 3.29. The zero-order chi connectivity index (χ0) is 17.3. The second-order valence-corrected chi connectivity index (χ2v) is 6.39. The number of carbonyl (C=O) groups is 1. The summed E-state index contributed by atoms with van der Waals surface area (Å²) in [5, 5.41) is 20.5. The van der Waals surface area contributed by atoms with E-state index in [9.17, 15) is 15.0 Å². The van der Waals surface area contributed by atoms with Crippen LogP contribution in [-0.2, 0) is 6.54 Å². The van der Waals surface area contributed by atoms with Crippen molar-refractivity contribution in [3.8, 4) is 0 Å². The molecular formula is C18H26N2O3. The summed E-state index contributed by atoms with van der Waals surface area (Å²) in [4.78, 5) is 11.5. The maximum Gasteiger partial charge on any atom is 0.335 e. The number of carboxylic acid groups (broad SMARTS) is 1. The summed E-state index contributed by atoms with van der Waals surface area (Å²) in [6, 6.07) is 3.43. The molecule has 2 rings (SSSR count). The first kappa shape index (κ1) is 17.5. The third kappa shape index (κ3) is 3.12. The molecule has 5 heteroatoms. The van der Waals surface area contributed by atoms with Crippen LogP contribution in [0.1, 0.15) is 66.4 Å². The Morgan fingerprint density at radius 1 is 1.30 bits per heavy atom. The van der Waals surface area contributed by atoms with Crippen molar-refractivity contribution in [2.24, 2.45) is 5.73 Å². The molecule has 1 heterocycles. The number of hydrogen-bond acceptors (Lipinski definition) is 3. The number of nitrogens with two attached hydrogens (primary N) is 1. The van der Waals surface area contributed by atoms with Crippen LogP contribution < -0.4 is 5.73 Å². The van der Waals surface area contributed by atoms with Gasteiger partial charge in [0.1, 0.15) is 0 Å². The normalized spacial score (nSPS) is 13.0. The molecule has 1 atom stereocenters. The van der Waals surface area contributed by atoms with E-state index < -0.39 is 12.1 Å². The van der Waals surface area contributed by atoms with E-state index in [0.717, 1.165) is 40.7 Å². The number of aromatic nitrogens is 1. The predicted molar refractivity (Wildman–Crippen MR) is 92.0 cm³/mol. The molecule has 1 unspecified atom stereocenters. The Morgan fingerprint density at radius 3 is 2.43 bits per heavy atom. The number of rotatable bonds is 6. The number of nitrogens with zero attached hydrogens (tertiary/aromatic N) is 1. The highest BCUT2D eigenvalue weighted by Crippen LogP contribution is 2.36. The van der Waals surface area contributed by atoms with E-state index in [-0.39, 0.29) is 11.5 Å². The maximum absolute atomic E-state index is 11.5. The summed E-state index contributed by atoms with van der Waals surface area (Å²) in [6.07, 6.45) is 0.183. The Kier molecular flexibility index (Phi) is 5.12. The molecule has 0 fully saturated rings. The summed E-state index contributed by atoms with van der Waals surface area (Å²) in [7, 11) is 0. The van der Waals surface area contributed by atoms with E-state index in [0.29, 0.717) is 6.54 Å². The molecule has 0 amide bonds. The minimum atomic E-state index is -0.947. The summed E-state index contributed by atoms with van der Waals surface area (Å²) in [6.45, 7) is 9.15. The Labute approximate surface area is 136 Å². The largest absolute Gasteiger partial charge is 0.478 e. The smallest absolute Gasteiger partial charge is 0.335 e. The van der Waals surface area contributed by atoms with Crippen LogP contribution in [0, 0.1) is 6.92 Å². The lowest BCUT2D eigenvalue weighted by Gasteiger charge is -2.14. The second kappa shape index (κ2) is 6.72. The molecule has 5 nitrogen and oxygen atoms in total. The monoisotopic (exact) mass is 318 g/mol. The van der Waals surface area contributed by atoms with E-state index in [2.05, 4.69) is 18.4 Å². The van der Waals surface area contributed by atoms with Crippen molar-refractivity contribution >= 4 is 16.9 Å². The number of hydrogen-bond donors (Lipinski definition) is 3. The SMILES string of the molecule is Cc1c(C(C)O)c2cc(C(=O)O)cc(C(C)C)c2n1CCCN. The van der Waals surface area contributed by atoms with Crippen molar-refractivity contribution < 1.29 is 15.0 Å². The number of carboxylic acids is 1. The van der Waals surface area contributed by atoms with Gasteiger partial charge in [0.25, 0.3) is 0 Å². The molecule has 0 radical (unpaired) electrons. The highest BCUT2D eigenvalue weighted by Gasteiger charge is 2.22. The molecule has 1 aromatic carbocycles. The minimum absolute atomic E-state index is 0.185. The molecular weight excluding hydrogens is 292 g/mol. The van der Waals surface area contributed by atoms with Gasteiger partial charge >= 0.3 is 5.97 Å². The quantitative estimate of drug-likeness (QED) is 0.763. The lowest BCUT2D eigenvalue weighted by molar-refractivity contribution is 0.0697. The molecule has 4 N–H and O–H groups in total. The summed E-state index contributed by atoms with van der Waals surface area (Å²) in [5.41, 5.74) is 9.72. The van der Waals surface area contributed by atoms with Gasteiger partial charge in [0, 0.05) is 23.2 Å². The van der Waals surface area contributed by atoms with E-state index in [1.807, 2.05) is 6.92 Å². The second-order valence-electron chi connectivity index (χ2n) is 6.39. The fraction of sp³-hybridized carbons (Fsp3) is 0.500. The number of aliphatic hydroxyl groups excluding tert-OH is 1. The van der Waals surface area contributed by atoms with Gasteiger partial charge in [0.05, 0.1) is 17.2 Å². The molecule has 1 aromatic heterocycles. The van der Waals surface area contributed by atoms with Gasteiger partial charge in [-0.15, -0.1) is 0 Å². The van der Waals surface area contributed by atoms with Crippen molar-refractivity contribution in [3.05, 3.63) is 34.5 Å². The van der Waals surface area contributed by atoms with E-state index in [1.54, 1.807) is 19.1 Å². The first-order valence-electron chi connectivity index (χ1n) is 8.07. The van der Waals surface area contributed by atoms with Crippen LogP contribution >= 0.6 is 0 Å². The van der Waals surface area contributed by atoms with Crippen molar-refractivity contribution in [1.29, 1.82) is 0 Å². The van der Waals surface area contributed by atoms with E-state index in [4.69, 9.17) is 5.73 Å². The first-order chi connectivity index (χ1) is 10.8. The standard InChI is InChI=1S/C18H26N2O3/c1-10(2)14-8-13(18(22)23)9-15-16(12(4)21)11(3)20(17(14)15)7-5-6-19/h8-10,12,21H,5-7,19H2,1-4H3,(H,22,23). The van der Waals surface area contributed by atoms with Crippen molar-refractivity contribution in [1.82, 2.24) is 4.57 Å². The van der Waals surface area contributed by atoms with Crippen molar-refractivity contribution in [2.75, 3.05) is 6.54 Å².